The van der Waals surface area contributed by atoms with Crippen LogP contribution in [0.15, 0.2) is 48.9 Å². The molecule has 144 valence electrons. The van der Waals surface area contributed by atoms with Gasteiger partial charge in [0, 0.05) is 30.0 Å². The molecule has 7 nitrogen and oxygen atoms in total. The summed E-state index contributed by atoms with van der Waals surface area (Å²) in [7, 11) is 0. The van der Waals surface area contributed by atoms with Gasteiger partial charge in [-0.05, 0) is 49.7 Å². The summed E-state index contributed by atoms with van der Waals surface area (Å²) in [5.74, 6) is 0.842. The molecule has 1 aromatic carbocycles. The van der Waals surface area contributed by atoms with E-state index in [-0.39, 0.29) is 0 Å². The first kappa shape index (κ1) is 18.1. The first-order valence-electron chi connectivity index (χ1n) is 9.16. The zero-order chi connectivity index (χ0) is 19.3. The number of halogens is 1. The highest BCUT2D eigenvalue weighted by molar-refractivity contribution is 5.60. The van der Waals surface area contributed by atoms with Gasteiger partial charge in [0.2, 0.25) is 5.88 Å². The molecule has 0 spiro atoms. The van der Waals surface area contributed by atoms with E-state index in [9.17, 15) is 4.39 Å². The van der Waals surface area contributed by atoms with Gasteiger partial charge >= 0.3 is 0 Å². The molecule has 1 aliphatic rings. The van der Waals surface area contributed by atoms with Crippen molar-refractivity contribution in [3.63, 3.8) is 0 Å². The van der Waals surface area contributed by atoms with E-state index < -0.39 is 5.82 Å². The average molecular weight is 380 g/mol. The molecule has 0 aliphatic carbocycles. The summed E-state index contributed by atoms with van der Waals surface area (Å²) in [4.78, 5) is 12.7. The third-order valence-electron chi connectivity index (χ3n) is 4.51. The lowest BCUT2D eigenvalue weighted by Crippen LogP contribution is -2.29. The van der Waals surface area contributed by atoms with Gasteiger partial charge in [0.05, 0.1) is 12.4 Å². The maximum absolute atomic E-state index is 13.5. The number of ether oxygens (including phenoxy) is 1. The number of rotatable bonds is 6. The summed E-state index contributed by atoms with van der Waals surface area (Å²) in [6.45, 7) is 1.77. The van der Waals surface area contributed by atoms with Crippen LogP contribution in [0.4, 0.5) is 15.8 Å². The summed E-state index contributed by atoms with van der Waals surface area (Å²) >= 11 is 0. The van der Waals surface area contributed by atoms with Crippen LogP contribution in [0.1, 0.15) is 12.8 Å². The number of nitrogens with one attached hydrogen (secondary N) is 2. The number of pyridine rings is 1. The number of nitrogens with two attached hydrogens (primary N) is 1. The molecule has 0 amide bonds. The number of hydrogen-bond donors (Lipinski definition) is 3. The third kappa shape index (κ3) is 4.34. The lowest BCUT2D eigenvalue weighted by Gasteiger charge is -2.16. The van der Waals surface area contributed by atoms with Crippen molar-refractivity contribution in [3.8, 4) is 23.0 Å². The maximum Gasteiger partial charge on any atom is 0.246 e. The zero-order valence-electron chi connectivity index (χ0n) is 15.2. The van der Waals surface area contributed by atoms with Crippen molar-refractivity contribution in [2.45, 2.75) is 18.9 Å². The molecule has 8 heteroatoms. The first-order valence-corrected chi connectivity index (χ1v) is 9.16. The fourth-order valence-electron chi connectivity index (χ4n) is 3.05. The van der Waals surface area contributed by atoms with Gasteiger partial charge in [0.15, 0.2) is 5.82 Å². The summed E-state index contributed by atoms with van der Waals surface area (Å²) in [6, 6.07) is 8.78. The van der Waals surface area contributed by atoms with Gasteiger partial charge in [-0.3, -0.25) is 4.98 Å². The molecule has 0 saturated carbocycles. The van der Waals surface area contributed by atoms with Gasteiger partial charge in [-0.1, -0.05) is 0 Å². The Bertz CT molecular complexity index is 944. The molecule has 1 atom stereocenters. The third-order valence-corrected chi connectivity index (χ3v) is 4.51. The second kappa shape index (κ2) is 8.18. The number of nitrogen functional groups attached to an aromatic ring is 1. The van der Waals surface area contributed by atoms with Crippen molar-refractivity contribution in [1.82, 2.24) is 20.3 Å². The van der Waals surface area contributed by atoms with Crippen LogP contribution in [0.25, 0.3) is 11.4 Å². The Hall–Kier alpha value is -3.26. The number of anilines is 2. The SMILES string of the molecule is Nc1ccc(Oc2nc(-c3cncc(F)c3)ncc2NC[C@@H]2CCCN2)cc1. The fraction of sp³-hybridized carbons (Fsp3) is 0.250. The number of hydrogen-bond acceptors (Lipinski definition) is 7. The van der Waals surface area contributed by atoms with Crippen LogP contribution in [0.5, 0.6) is 11.6 Å². The van der Waals surface area contributed by atoms with Gasteiger partial charge < -0.3 is 21.1 Å². The lowest BCUT2D eigenvalue weighted by atomic mass is 10.2. The Morgan fingerprint density at radius 2 is 2.07 bits per heavy atom. The van der Waals surface area contributed by atoms with Gasteiger partial charge in [-0.2, -0.15) is 4.98 Å². The Labute approximate surface area is 162 Å². The highest BCUT2D eigenvalue weighted by atomic mass is 19.1. The van der Waals surface area contributed by atoms with Crippen molar-refractivity contribution in [3.05, 3.63) is 54.7 Å². The summed E-state index contributed by atoms with van der Waals surface area (Å²) in [6.07, 6.45) is 6.59. The van der Waals surface area contributed by atoms with Crippen molar-refractivity contribution in [2.24, 2.45) is 0 Å². The molecule has 0 unspecified atom stereocenters. The van der Waals surface area contributed by atoms with Crippen LogP contribution in [-0.4, -0.2) is 34.1 Å². The standard InChI is InChI=1S/C20H21FN6O/c21-14-8-13(9-23-10-14)19-26-12-18(25-11-16-2-1-7-24-16)20(27-19)28-17-5-3-15(22)4-6-17/h3-6,8-10,12,16,24-25H,1-2,7,11,22H2/t16-/m0/s1. The number of nitrogens with zero attached hydrogens (tertiary/aromatic N) is 3. The van der Waals surface area contributed by atoms with E-state index in [4.69, 9.17) is 10.5 Å². The Morgan fingerprint density at radius 1 is 1.21 bits per heavy atom. The van der Waals surface area contributed by atoms with Crippen molar-refractivity contribution < 1.29 is 9.13 Å². The molecule has 28 heavy (non-hydrogen) atoms. The van der Waals surface area contributed by atoms with Crippen molar-refractivity contribution in [2.75, 3.05) is 24.1 Å². The summed E-state index contributed by atoms with van der Waals surface area (Å²) in [5, 5.41) is 6.79. The predicted molar refractivity (Wildman–Crippen MR) is 106 cm³/mol. The van der Waals surface area contributed by atoms with E-state index in [1.54, 1.807) is 30.5 Å². The summed E-state index contributed by atoms with van der Waals surface area (Å²) in [5.41, 5.74) is 7.53. The minimum atomic E-state index is -0.448. The molecule has 0 radical (unpaired) electrons. The monoisotopic (exact) mass is 380 g/mol. The minimum absolute atomic E-state index is 0.335. The number of benzene rings is 1. The van der Waals surface area contributed by atoms with Gasteiger partial charge in [0.25, 0.3) is 0 Å². The van der Waals surface area contributed by atoms with E-state index in [1.807, 2.05) is 0 Å². The van der Waals surface area contributed by atoms with Crippen molar-refractivity contribution >= 4 is 11.4 Å². The Kier molecular flexibility index (Phi) is 5.29. The fourth-order valence-corrected chi connectivity index (χ4v) is 3.05. The lowest BCUT2D eigenvalue weighted by molar-refractivity contribution is 0.464. The van der Waals surface area contributed by atoms with Crippen LogP contribution in [0.3, 0.4) is 0 Å². The van der Waals surface area contributed by atoms with E-state index in [0.29, 0.717) is 40.4 Å². The molecule has 1 aliphatic heterocycles. The van der Waals surface area contributed by atoms with Gasteiger partial charge in [0.1, 0.15) is 17.3 Å². The highest BCUT2D eigenvalue weighted by Crippen LogP contribution is 2.30. The average Bonchev–Trinajstić information content (AvgIpc) is 3.22. The van der Waals surface area contributed by atoms with Gasteiger partial charge in [-0.25, -0.2) is 9.37 Å². The zero-order valence-corrected chi connectivity index (χ0v) is 15.2. The van der Waals surface area contributed by atoms with Crippen LogP contribution in [0, 0.1) is 5.82 Å². The normalized spacial score (nSPS) is 16.1. The molecule has 3 heterocycles. The molecule has 1 saturated heterocycles. The Balaban J connectivity index is 1.62. The van der Waals surface area contributed by atoms with Crippen LogP contribution >= 0.6 is 0 Å². The molecule has 3 aromatic rings. The molecule has 2 aromatic heterocycles. The molecule has 0 bridgehead atoms. The quantitative estimate of drug-likeness (QED) is 0.565. The smallest absolute Gasteiger partial charge is 0.246 e. The minimum Gasteiger partial charge on any atom is -0.437 e. The molecular weight excluding hydrogens is 359 g/mol. The van der Waals surface area contributed by atoms with E-state index in [0.717, 1.165) is 25.7 Å². The van der Waals surface area contributed by atoms with Gasteiger partial charge in [-0.15, -0.1) is 0 Å². The summed E-state index contributed by atoms with van der Waals surface area (Å²) < 4.78 is 19.5. The topological polar surface area (TPSA) is 98.0 Å². The van der Waals surface area contributed by atoms with E-state index in [1.165, 1.54) is 18.7 Å². The second-order valence-corrected chi connectivity index (χ2v) is 6.65. The van der Waals surface area contributed by atoms with Crippen molar-refractivity contribution in [1.29, 1.82) is 0 Å². The molecule has 4 N–H and O–H groups in total. The van der Waals surface area contributed by atoms with Crippen LogP contribution < -0.4 is 21.1 Å². The largest absolute Gasteiger partial charge is 0.437 e. The molecule has 4 rings (SSSR count). The number of aromatic nitrogens is 3. The maximum atomic E-state index is 13.5. The van der Waals surface area contributed by atoms with E-state index in [2.05, 4.69) is 25.6 Å². The molecule has 1 fully saturated rings. The Morgan fingerprint density at radius 3 is 2.82 bits per heavy atom. The second-order valence-electron chi connectivity index (χ2n) is 6.65. The van der Waals surface area contributed by atoms with E-state index >= 15 is 0 Å². The highest BCUT2D eigenvalue weighted by Gasteiger charge is 2.16. The molecular formula is C20H21FN6O. The van der Waals surface area contributed by atoms with Crippen LogP contribution in [-0.2, 0) is 0 Å². The predicted octanol–water partition coefficient (Wildman–Crippen LogP) is 3.22. The van der Waals surface area contributed by atoms with Crippen LogP contribution in [0.2, 0.25) is 0 Å². The first-order chi connectivity index (χ1) is 13.7.